The number of amides is 1. The second-order valence-electron chi connectivity index (χ2n) is 10.8. The van der Waals surface area contributed by atoms with E-state index in [1.165, 1.54) is 67.3 Å². The number of unbranched alkanes of at least 4 members (excludes halogenated alkanes) is 2. The van der Waals surface area contributed by atoms with Crippen LogP contribution in [0.4, 0.5) is 0 Å². The molecule has 7 rings (SSSR count). The minimum Gasteiger partial charge on any atom is -0.347 e. The molecule has 1 aromatic carbocycles. The van der Waals surface area contributed by atoms with Gasteiger partial charge in [0.15, 0.2) is 0 Å². The fraction of sp³-hybridized carbons (Fsp3) is 0.536. The zero-order chi connectivity index (χ0) is 21.7. The lowest BCUT2D eigenvalue weighted by atomic mass is 9.53. The van der Waals surface area contributed by atoms with E-state index >= 15 is 0 Å². The van der Waals surface area contributed by atoms with Gasteiger partial charge in [-0.05, 0) is 91.8 Å². The van der Waals surface area contributed by atoms with Gasteiger partial charge in [-0.3, -0.25) is 4.79 Å². The van der Waals surface area contributed by atoms with Crippen LogP contribution in [0.2, 0.25) is 0 Å². The number of fused-ring (bicyclic) bond motifs is 1. The third kappa shape index (κ3) is 3.61. The zero-order valence-electron chi connectivity index (χ0n) is 19.1. The molecule has 1 N–H and O–H groups in total. The van der Waals surface area contributed by atoms with Gasteiger partial charge in [-0.1, -0.05) is 31.9 Å². The molecular formula is C28H34N2OS. The molecule has 4 saturated carbocycles. The minimum atomic E-state index is 0.0494. The van der Waals surface area contributed by atoms with Gasteiger partial charge in [0.05, 0.1) is 5.56 Å². The Morgan fingerprint density at radius 3 is 2.50 bits per heavy atom. The van der Waals surface area contributed by atoms with E-state index in [1.54, 1.807) is 11.3 Å². The van der Waals surface area contributed by atoms with Gasteiger partial charge >= 0.3 is 0 Å². The summed E-state index contributed by atoms with van der Waals surface area (Å²) in [7, 11) is 0. The molecule has 4 fully saturated rings. The molecule has 4 bridgehead atoms. The molecule has 0 atom stereocenters. The standard InChI is InChI=1S/C28H34N2OS/c1-2-3-4-9-30-18-24(23-14-22(7-8-25(23)30)26-6-5-10-32-26)27(31)29-28-15-19-11-20(16-28)13-21(12-19)17-28/h5-8,10,14,18-21H,2-4,9,11-13,15-17H2,1H3,(H,29,31). The Morgan fingerprint density at radius 2 is 1.84 bits per heavy atom. The molecule has 0 radical (unpaired) electrons. The van der Waals surface area contributed by atoms with Crippen molar-refractivity contribution in [3.05, 3.63) is 47.5 Å². The maximum absolute atomic E-state index is 13.8. The molecule has 0 spiro atoms. The average molecular weight is 447 g/mol. The van der Waals surface area contributed by atoms with Crippen LogP contribution in [0.25, 0.3) is 21.3 Å². The summed E-state index contributed by atoms with van der Waals surface area (Å²) >= 11 is 1.76. The highest BCUT2D eigenvalue weighted by atomic mass is 32.1. The van der Waals surface area contributed by atoms with Crippen molar-refractivity contribution in [3.8, 4) is 10.4 Å². The van der Waals surface area contributed by atoms with Crippen molar-refractivity contribution in [2.24, 2.45) is 17.8 Å². The molecule has 168 valence electrons. The Hall–Kier alpha value is -2.07. The smallest absolute Gasteiger partial charge is 0.253 e. The number of carbonyl (C=O) groups is 1. The van der Waals surface area contributed by atoms with E-state index in [1.807, 2.05) is 0 Å². The number of nitrogens with zero attached hydrogens (tertiary/aromatic N) is 1. The predicted molar refractivity (Wildman–Crippen MR) is 133 cm³/mol. The summed E-state index contributed by atoms with van der Waals surface area (Å²) in [4.78, 5) is 15.0. The second kappa shape index (κ2) is 8.06. The van der Waals surface area contributed by atoms with E-state index < -0.39 is 0 Å². The Labute approximate surface area is 195 Å². The van der Waals surface area contributed by atoms with Crippen LogP contribution in [0.1, 0.15) is 75.1 Å². The van der Waals surface area contributed by atoms with Crippen LogP contribution in [-0.4, -0.2) is 16.0 Å². The first-order valence-corrected chi connectivity index (χ1v) is 13.5. The van der Waals surface area contributed by atoms with E-state index in [2.05, 4.69) is 58.7 Å². The molecule has 4 heteroatoms. The average Bonchev–Trinajstić information content (AvgIpc) is 3.41. The van der Waals surface area contributed by atoms with Gasteiger partial charge < -0.3 is 9.88 Å². The molecule has 0 saturated heterocycles. The number of thiophene rings is 1. The number of aryl methyl sites for hydroxylation is 1. The van der Waals surface area contributed by atoms with Gasteiger partial charge in [-0.25, -0.2) is 0 Å². The van der Waals surface area contributed by atoms with Crippen molar-refractivity contribution >= 4 is 28.1 Å². The lowest BCUT2D eigenvalue weighted by Gasteiger charge is -2.56. The van der Waals surface area contributed by atoms with Crippen molar-refractivity contribution in [2.75, 3.05) is 0 Å². The largest absolute Gasteiger partial charge is 0.347 e. The molecule has 32 heavy (non-hydrogen) atoms. The zero-order valence-corrected chi connectivity index (χ0v) is 19.9. The molecule has 1 amide bonds. The quantitative estimate of drug-likeness (QED) is 0.381. The van der Waals surface area contributed by atoms with Crippen molar-refractivity contribution in [3.63, 3.8) is 0 Å². The summed E-state index contributed by atoms with van der Waals surface area (Å²) in [5.74, 6) is 2.65. The highest BCUT2D eigenvalue weighted by Crippen LogP contribution is 2.55. The number of aromatic nitrogens is 1. The van der Waals surface area contributed by atoms with E-state index in [9.17, 15) is 4.79 Å². The first-order valence-electron chi connectivity index (χ1n) is 12.6. The molecule has 4 aliphatic rings. The first kappa shape index (κ1) is 20.5. The molecule has 2 heterocycles. The molecule has 0 unspecified atom stereocenters. The van der Waals surface area contributed by atoms with E-state index in [-0.39, 0.29) is 11.4 Å². The molecule has 3 aromatic rings. The monoisotopic (exact) mass is 446 g/mol. The molecule has 3 nitrogen and oxygen atoms in total. The molecule has 2 aromatic heterocycles. The number of benzene rings is 1. The normalized spacial score (nSPS) is 28.5. The summed E-state index contributed by atoms with van der Waals surface area (Å²) < 4.78 is 2.32. The summed E-state index contributed by atoms with van der Waals surface area (Å²) in [6.07, 6.45) is 13.5. The van der Waals surface area contributed by atoms with Crippen molar-refractivity contribution in [2.45, 2.75) is 76.8 Å². The topological polar surface area (TPSA) is 34.0 Å². The number of rotatable bonds is 7. The third-order valence-corrected chi connectivity index (χ3v) is 9.27. The van der Waals surface area contributed by atoms with Gasteiger partial charge in [0.1, 0.15) is 0 Å². The van der Waals surface area contributed by atoms with Crippen LogP contribution >= 0.6 is 11.3 Å². The van der Waals surface area contributed by atoms with E-state index in [4.69, 9.17) is 0 Å². The van der Waals surface area contributed by atoms with Gasteiger partial charge in [-0.15, -0.1) is 11.3 Å². The SMILES string of the molecule is CCCCCn1cc(C(=O)NC23CC4CC(CC(C4)C2)C3)c2cc(-c3cccs3)ccc21. The van der Waals surface area contributed by atoms with Gasteiger partial charge in [0.2, 0.25) is 0 Å². The fourth-order valence-electron chi connectivity index (χ4n) is 7.36. The first-order chi connectivity index (χ1) is 15.6. The Balaban J connectivity index is 1.35. The van der Waals surface area contributed by atoms with Crippen LogP contribution in [0.3, 0.4) is 0 Å². The molecular weight excluding hydrogens is 412 g/mol. The number of nitrogens with one attached hydrogen (secondary N) is 1. The fourth-order valence-corrected chi connectivity index (χ4v) is 8.09. The predicted octanol–water partition coefficient (Wildman–Crippen LogP) is 7.26. The Bertz CT molecular complexity index is 1090. The summed E-state index contributed by atoms with van der Waals surface area (Å²) in [6, 6.07) is 10.9. The van der Waals surface area contributed by atoms with E-state index in [0.29, 0.717) is 0 Å². The second-order valence-corrected chi connectivity index (χ2v) is 11.8. The number of carbonyl (C=O) groups excluding carboxylic acids is 1. The number of hydrogen-bond acceptors (Lipinski definition) is 2. The summed E-state index contributed by atoms with van der Waals surface area (Å²) in [5.41, 5.74) is 3.32. The van der Waals surface area contributed by atoms with Gasteiger partial charge in [-0.2, -0.15) is 0 Å². The van der Waals surface area contributed by atoms with Crippen LogP contribution in [0.5, 0.6) is 0 Å². The van der Waals surface area contributed by atoms with Crippen molar-refractivity contribution in [1.29, 1.82) is 0 Å². The van der Waals surface area contributed by atoms with Crippen molar-refractivity contribution in [1.82, 2.24) is 9.88 Å². The van der Waals surface area contributed by atoms with Crippen molar-refractivity contribution < 1.29 is 4.79 Å². The molecule has 0 aliphatic heterocycles. The summed E-state index contributed by atoms with van der Waals surface area (Å²) in [5, 5.41) is 6.85. The highest BCUT2D eigenvalue weighted by molar-refractivity contribution is 7.13. The minimum absolute atomic E-state index is 0.0494. The van der Waals surface area contributed by atoms with Gasteiger partial charge in [0, 0.05) is 34.1 Å². The lowest BCUT2D eigenvalue weighted by molar-refractivity contribution is -0.0166. The highest BCUT2D eigenvalue weighted by Gasteiger charge is 2.51. The molecule has 4 aliphatic carbocycles. The Kier molecular flexibility index (Phi) is 5.17. The maximum Gasteiger partial charge on any atom is 0.253 e. The summed E-state index contributed by atoms with van der Waals surface area (Å²) in [6.45, 7) is 3.22. The van der Waals surface area contributed by atoms with Crippen LogP contribution in [0.15, 0.2) is 41.9 Å². The lowest BCUT2D eigenvalue weighted by Crippen LogP contribution is -2.59. The van der Waals surface area contributed by atoms with Crippen LogP contribution in [-0.2, 0) is 6.54 Å². The Morgan fingerprint density at radius 1 is 1.09 bits per heavy atom. The van der Waals surface area contributed by atoms with E-state index in [0.717, 1.165) is 41.7 Å². The maximum atomic E-state index is 13.8. The van der Waals surface area contributed by atoms with Gasteiger partial charge in [0.25, 0.3) is 5.91 Å². The van der Waals surface area contributed by atoms with Crippen LogP contribution < -0.4 is 5.32 Å². The third-order valence-electron chi connectivity index (χ3n) is 8.35. The number of hydrogen-bond donors (Lipinski definition) is 1. The van der Waals surface area contributed by atoms with Crippen LogP contribution in [0, 0.1) is 17.8 Å².